The van der Waals surface area contributed by atoms with Gasteiger partial charge < -0.3 is 5.11 Å². The standard InChI is InChI=1S/C9H6BrF3O2/c10-5-1-2-6(7(11)3-5)9(12,13)4-8(14)15/h1-3H,4H2,(H,14,15). The van der Waals surface area contributed by atoms with E-state index in [1.54, 1.807) is 0 Å². The topological polar surface area (TPSA) is 37.3 Å². The van der Waals surface area contributed by atoms with Crippen molar-refractivity contribution in [1.29, 1.82) is 0 Å². The highest BCUT2D eigenvalue weighted by Gasteiger charge is 2.37. The zero-order valence-electron chi connectivity index (χ0n) is 7.31. The van der Waals surface area contributed by atoms with Crippen molar-refractivity contribution in [2.75, 3.05) is 0 Å². The number of carbonyl (C=O) groups is 1. The highest BCUT2D eigenvalue weighted by Crippen LogP contribution is 2.34. The molecule has 0 atom stereocenters. The zero-order chi connectivity index (χ0) is 11.6. The molecule has 0 heterocycles. The largest absolute Gasteiger partial charge is 0.481 e. The van der Waals surface area contributed by atoms with Crippen molar-refractivity contribution >= 4 is 21.9 Å². The minimum atomic E-state index is -3.70. The lowest BCUT2D eigenvalue weighted by molar-refractivity contribution is -0.145. The Labute approximate surface area is 91.8 Å². The Balaban J connectivity index is 3.09. The number of rotatable bonds is 3. The molecule has 0 radical (unpaired) electrons. The number of aliphatic carboxylic acids is 1. The van der Waals surface area contributed by atoms with Gasteiger partial charge in [0, 0.05) is 4.47 Å². The molecule has 1 N–H and O–H groups in total. The van der Waals surface area contributed by atoms with Gasteiger partial charge >= 0.3 is 5.97 Å². The molecular formula is C9H6BrF3O2. The summed E-state index contributed by atoms with van der Waals surface area (Å²) >= 11 is 2.91. The number of hydrogen-bond donors (Lipinski definition) is 1. The maximum absolute atomic E-state index is 13.2. The van der Waals surface area contributed by atoms with E-state index in [0.29, 0.717) is 4.47 Å². The average molecular weight is 283 g/mol. The lowest BCUT2D eigenvalue weighted by atomic mass is 10.1. The Bertz CT molecular complexity index is 393. The third-order valence-electron chi connectivity index (χ3n) is 1.70. The molecule has 0 spiro atoms. The summed E-state index contributed by atoms with van der Waals surface area (Å²) in [5.74, 6) is -6.51. The zero-order valence-corrected chi connectivity index (χ0v) is 8.89. The van der Waals surface area contributed by atoms with Crippen LogP contribution < -0.4 is 0 Å². The van der Waals surface area contributed by atoms with Crippen molar-refractivity contribution in [3.63, 3.8) is 0 Å². The van der Waals surface area contributed by atoms with Crippen LogP contribution in [0.25, 0.3) is 0 Å². The van der Waals surface area contributed by atoms with Gasteiger partial charge in [-0.3, -0.25) is 4.79 Å². The normalized spacial score (nSPS) is 11.5. The maximum Gasteiger partial charge on any atom is 0.309 e. The van der Waals surface area contributed by atoms with E-state index >= 15 is 0 Å². The molecule has 1 aromatic rings. The van der Waals surface area contributed by atoms with E-state index in [-0.39, 0.29) is 0 Å². The van der Waals surface area contributed by atoms with Crippen molar-refractivity contribution in [3.8, 4) is 0 Å². The van der Waals surface area contributed by atoms with E-state index in [0.717, 1.165) is 12.1 Å². The van der Waals surface area contributed by atoms with Crippen molar-refractivity contribution in [2.24, 2.45) is 0 Å². The molecule has 0 fully saturated rings. The first-order chi connectivity index (χ1) is 6.83. The Morgan fingerprint density at radius 3 is 2.53 bits per heavy atom. The molecule has 0 aliphatic carbocycles. The van der Waals surface area contributed by atoms with Crippen molar-refractivity contribution in [1.82, 2.24) is 0 Å². The van der Waals surface area contributed by atoms with Crippen LogP contribution >= 0.6 is 15.9 Å². The number of halogens is 4. The van der Waals surface area contributed by atoms with Gasteiger partial charge in [0.05, 0.1) is 5.56 Å². The fourth-order valence-electron chi connectivity index (χ4n) is 1.07. The summed E-state index contributed by atoms with van der Waals surface area (Å²) in [6.07, 6.45) is -1.43. The number of benzene rings is 1. The van der Waals surface area contributed by atoms with Crippen LogP contribution in [0.2, 0.25) is 0 Å². The summed E-state index contributed by atoms with van der Waals surface area (Å²) in [7, 11) is 0. The summed E-state index contributed by atoms with van der Waals surface area (Å²) in [5, 5.41) is 8.24. The predicted octanol–water partition coefficient (Wildman–Crippen LogP) is 3.15. The van der Waals surface area contributed by atoms with E-state index in [2.05, 4.69) is 15.9 Å². The van der Waals surface area contributed by atoms with Crippen LogP contribution in [0.15, 0.2) is 22.7 Å². The Hall–Kier alpha value is -1.04. The van der Waals surface area contributed by atoms with Crippen LogP contribution in [-0.2, 0) is 10.7 Å². The Kier molecular flexibility index (Phi) is 3.38. The van der Waals surface area contributed by atoms with Gasteiger partial charge in [-0.25, -0.2) is 13.2 Å². The molecule has 0 amide bonds. The molecule has 0 unspecified atom stereocenters. The van der Waals surface area contributed by atoms with Gasteiger partial charge in [-0.15, -0.1) is 0 Å². The number of carboxylic acids is 1. The van der Waals surface area contributed by atoms with Crippen LogP contribution in [0.4, 0.5) is 13.2 Å². The van der Waals surface area contributed by atoms with E-state index in [1.807, 2.05) is 0 Å². The molecule has 1 rings (SSSR count). The minimum absolute atomic E-state index is 0.315. The molecule has 82 valence electrons. The van der Waals surface area contributed by atoms with E-state index in [1.165, 1.54) is 6.07 Å². The van der Waals surface area contributed by atoms with E-state index < -0.39 is 29.7 Å². The summed E-state index contributed by atoms with van der Waals surface area (Å²) < 4.78 is 39.7. The molecule has 0 bridgehead atoms. The minimum Gasteiger partial charge on any atom is -0.481 e. The van der Waals surface area contributed by atoms with Crippen molar-refractivity contribution < 1.29 is 23.1 Å². The second kappa shape index (κ2) is 4.22. The van der Waals surface area contributed by atoms with Crippen LogP contribution in [0.5, 0.6) is 0 Å². The van der Waals surface area contributed by atoms with E-state index in [9.17, 15) is 18.0 Å². The van der Waals surface area contributed by atoms with Gasteiger partial charge in [-0.1, -0.05) is 15.9 Å². The lowest BCUT2D eigenvalue weighted by Crippen LogP contribution is -2.19. The number of hydrogen-bond acceptors (Lipinski definition) is 1. The lowest BCUT2D eigenvalue weighted by Gasteiger charge is -2.15. The molecule has 6 heteroatoms. The van der Waals surface area contributed by atoms with Gasteiger partial charge in [0.2, 0.25) is 0 Å². The predicted molar refractivity (Wildman–Crippen MR) is 50.2 cm³/mol. The summed E-state index contributed by atoms with van der Waals surface area (Å²) in [4.78, 5) is 10.2. The maximum atomic E-state index is 13.2. The highest BCUT2D eigenvalue weighted by atomic mass is 79.9. The number of carboxylic acid groups (broad SMARTS) is 1. The van der Waals surface area contributed by atoms with Gasteiger partial charge in [0.25, 0.3) is 5.92 Å². The SMILES string of the molecule is O=C(O)CC(F)(F)c1ccc(Br)cc1F. The molecule has 0 saturated carbocycles. The van der Waals surface area contributed by atoms with Crippen LogP contribution in [0, 0.1) is 5.82 Å². The Morgan fingerprint density at radius 1 is 1.47 bits per heavy atom. The van der Waals surface area contributed by atoms with Gasteiger partial charge in [-0.2, -0.15) is 0 Å². The molecule has 0 aliphatic rings. The summed E-state index contributed by atoms with van der Waals surface area (Å²) in [6, 6.07) is 2.96. The molecule has 1 aromatic carbocycles. The van der Waals surface area contributed by atoms with Crippen molar-refractivity contribution in [3.05, 3.63) is 34.1 Å². The molecule has 0 aromatic heterocycles. The molecule has 0 aliphatic heterocycles. The third-order valence-corrected chi connectivity index (χ3v) is 2.19. The third kappa shape index (κ3) is 2.95. The number of alkyl halides is 2. The summed E-state index contributed by atoms with van der Waals surface area (Å²) in [5.41, 5.74) is -0.909. The fraction of sp³-hybridized carbons (Fsp3) is 0.222. The molecular weight excluding hydrogens is 277 g/mol. The van der Waals surface area contributed by atoms with Crippen molar-refractivity contribution in [2.45, 2.75) is 12.3 Å². The first-order valence-electron chi connectivity index (χ1n) is 3.88. The molecule has 15 heavy (non-hydrogen) atoms. The fourth-order valence-corrected chi connectivity index (χ4v) is 1.40. The van der Waals surface area contributed by atoms with Gasteiger partial charge in [-0.05, 0) is 18.2 Å². The summed E-state index contributed by atoms with van der Waals surface area (Å²) in [6.45, 7) is 0. The quantitative estimate of drug-likeness (QED) is 0.925. The first kappa shape index (κ1) is 12.0. The second-order valence-electron chi connectivity index (χ2n) is 2.90. The monoisotopic (exact) mass is 282 g/mol. The second-order valence-corrected chi connectivity index (χ2v) is 3.81. The van der Waals surface area contributed by atoms with Crippen LogP contribution in [0.3, 0.4) is 0 Å². The molecule has 2 nitrogen and oxygen atoms in total. The van der Waals surface area contributed by atoms with E-state index in [4.69, 9.17) is 5.11 Å². The Morgan fingerprint density at radius 2 is 2.07 bits per heavy atom. The average Bonchev–Trinajstić information content (AvgIpc) is 1.99. The van der Waals surface area contributed by atoms with Crippen LogP contribution in [-0.4, -0.2) is 11.1 Å². The molecule has 0 saturated heterocycles. The first-order valence-corrected chi connectivity index (χ1v) is 4.67. The van der Waals surface area contributed by atoms with Gasteiger partial charge in [0.1, 0.15) is 12.2 Å². The smallest absolute Gasteiger partial charge is 0.309 e. The van der Waals surface area contributed by atoms with Crippen LogP contribution in [0.1, 0.15) is 12.0 Å². The van der Waals surface area contributed by atoms with Gasteiger partial charge in [0.15, 0.2) is 0 Å². The highest BCUT2D eigenvalue weighted by molar-refractivity contribution is 9.10.